The third kappa shape index (κ3) is 3.94. The summed E-state index contributed by atoms with van der Waals surface area (Å²) in [5.74, 6) is -0.685. The van der Waals surface area contributed by atoms with E-state index >= 15 is 0 Å². The van der Waals surface area contributed by atoms with Gasteiger partial charge in [0.1, 0.15) is 6.04 Å². The van der Waals surface area contributed by atoms with E-state index in [9.17, 15) is 19.2 Å². The maximum absolute atomic E-state index is 13.3. The zero-order valence-corrected chi connectivity index (χ0v) is 18.0. The number of piperazine rings is 1. The molecule has 0 radical (unpaired) electrons. The standard InChI is InChI=1S/C21H26N4O4.ClH/c1-12(2)16-11-24(9-8-22-16)20(28)13-4-3-5-14-15(13)10-25(21(14)29)17-6-7-18(26)23-19(17)27;/h3-5,12,16-17,22H,6-11H2,1-2H3,(H,23,26,27);1H/t16-,17?;/m1./s1. The highest BCUT2D eigenvalue weighted by atomic mass is 35.5. The number of nitrogens with zero attached hydrogens (tertiary/aromatic N) is 2. The molecule has 0 aromatic heterocycles. The van der Waals surface area contributed by atoms with Crippen LogP contribution >= 0.6 is 12.4 Å². The van der Waals surface area contributed by atoms with Crippen LogP contribution in [-0.4, -0.2) is 65.1 Å². The van der Waals surface area contributed by atoms with Crippen molar-refractivity contribution < 1.29 is 19.2 Å². The van der Waals surface area contributed by atoms with Gasteiger partial charge in [0.2, 0.25) is 11.8 Å². The normalized spacial score (nSPS) is 23.9. The molecule has 2 N–H and O–H groups in total. The van der Waals surface area contributed by atoms with E-state index in [-0.39, 0.29) is 49.1 Å². The number of imide groups is 1. The molecule has 0 bridgehead atoms. The van der Waals surface area contributed by atoms with Gasteiger partial charge in [-0.3, -0.25) is 24.5 Å². The molecule has 2 fully saturated rings. The Morgan fingerprint density at radius 2 is 1.97 bits per heavy atom. The van der Waals surface area contributed by atoms with Crippen LogP contribution in [0.3, 0.4) is 0 Å². The summed E-state index contributed by atoms with van der Waals surface area (Å²) >= 11 is 0. The van der Waals surface area contributed by atoms with E-state index in [1.165, 1.54) is 4.90 Å². The number of amides is 4. The topological polar surface area (TPSA) is 98.8 Å². The molecule has 9 heteroatoms. The summed E-state index contributed by atoms with van der Waals surface area (Å²) in [6.45, 7) is 6.46. The van der Waals surface area contributed by atoms with E-state index in [4.69, 9.17) is 0 Å². The van der Waals surface area contributed by atoms with E-state index in [1.807, 2.05) is 4.90 Å². The van der Waals surface area contributed by atoms with Crippen molar-refractivity contribution in [1.29, 1.82) is 0 Å². The van der Waals surface area contributed by atoms with Crippen LogP contribution in [0.25, 0.3) is 0 Å². The number of piperidine rings is 1. The van der Waals surface area contributed by atoms with Gasteiger partial charge < -0.3 is 15.1 Å². The molecule has 0 saturated carbocycles. The molecule has 2 saturated heterocycles. The summed E-state index contributed by atoms with van der Waals surface area (Å²) in [5.41, 5.74) is 1.66. The second kappa shape index (κ2) is 8.73. The molecule has 0 spiro atoms. The van der Waals surface area contributed by atoms with Crippen molar-refractivity contribution in [3.8, 4) is 0 Å². The van der Waals surface area contributed by atoms with E-state index in [0.717, 1.165) is 6.54 Å². The van der Waals surface area contributed by atoms with Crippen molar-refractivity contribution in [3.63, 3.8) is 0 Å². The molecule has 162 valence electrons. The fraction of sp³-hybridized carbons (Fsp3) is 0.524. The van der Waals surface area contributed by atoms with Gasteiger partial charge in [-0.15, -0.1) is 12.4 Å². The second-order valence-corrected chi connectivity index (χ2v) is 8.29. The Balaban J connectivity index is 0.00000256. The average Bonchev–Trinajstić information content (AvgIpc) is 3.04. The van der Waals surface area contributed by atoms with Crippen LogP contribution < -0.4 is 10.6 Å². The number of carbonyl (C=O) groups is 4. The third-order valence-electron chi connectivity index (χ3n) is 6.11. The number of fused-ring (bicyclic) bond motifs is 1. The van der Waals surface area contributed by atoms with Gasteiger partial charge in [-0.1, -0.05) is 19.9 Å². The fourth-order valence-corrected chi connectivity index (χ4v) is 4.37. The molecule has 30 heavy (non-hydrogen) atoms. The highest BCUT2D eigenvalue weighted by Gasteiger charge is 2.41. The lowest BCUT2D eigenvalue weighted by molar-refractivity contribution is -0.136. The molecule has 3 aliphatic rings. The Labute approximate surface area is 181 Å². The van der Waals surface area contributed by atoms with Crippen molar-refractivity contribution in [1.82, 2.24) is 20.4 Å². The predicted molar refractivity (Wildman–Crippen MR) is 112 cm³/mol. The number of rotatable bonds is 3. The Hall–Kier alpha value is -2.45. The lowest BCUT2D eigenvalue weighted by Gasteiger charge is -2.36. The lowest BCUT2D eigenvalue weighted by Crippen LogP contribution is -2.54. The van der Waals surface area contributed by atoms with Crippen molar-refractivity contribution in [2.24, 2.45) is 5.92 Å². The van der Waals surface area contributed by atoms with Gasteiger partial charge in [0.05, 0.1) is 0 Å². The molecule has 1 aromatic rings. The zero-order valence-electron chi connectivity index (χ0n) is 17.1. The first kappa shape index (κ1) is 22.2. The summed E-state index contributed by atoms with van der Waals surface area (Å²) in [6, 6.07) is 4.75. The highest BCUT2D eigenvalue weighted by molar-refractivity contribution is 6.07. The lowest BCUT2D eigenvalue weighted by atomic mass is 9.99. The monoisotopic (exact) mass is 434 g/mol. The molecule has 8 nitrogen and oxygen atoms in total. The van der Waals surface area contributed by atoms with Crippen molar-refractivity contribution in [3.05, 3.63) is 34.9 Å². The molecular weight excluding hydrogens is 408 g/mol. The molecule has 3 heterocycles. The molecule has 1 aromatic carbocycles. The van der Waals surface area contributed by atoms with Crippen LogP contribution in [0.2, 0.25) is 0 Å². The maximum Gasteiger partial charge on any atom is 0.255 e. The molecule has 0 aliphatic carbocycles. The Morgan fingerprint density at radius 1 is 1.20 bits per heavy atom. The number of benzene rings is 1. The molecule has 3 aliphatic heterocycles. The quantitative estimate of drug-likeness (QED) is 0.690. The fourth-order valence-electron chi connectivity index (χ4n) is 4.37. The van der Waals surface area contributed by atoms with Crippen molar-refractivity contribution in [2.45, 2.75) is 45.3 Å². The zero-order chi connectivity index (χ0) is 20.7. The summed E-state index contributed by atoms with van der Waals surface area (Å²) in [6.07, 6.45) is 0.515. The Kier molecular flexibility index (Phi) is 6.47. The first-order valence-electron chi connectivity index (χ1n) is 10.2. The maximum atomic E-state index is 13.3. The minimum absolute atomic E-state index is 0. The Morgan fingerprint density at radius 3 is 2.67 bits per heavy atom. The van der Waals surface area contributed by atoms with Gasteiger partial charge in [0.15, 0.2) is 0 Å². The molecular formula is C21H27ClN4O4. The van der Waals surface area contributed by atoms with Crippen LogP contribution in [0, 0.1) is 5.92 Å². The van der Waals surface area contributed by atoms with Crippen LogP contribution in [0.1, 0.15) is 53.0 Å². The van der Waals surface area contributed by atoms with E-state index in [0.29, 0.717) is 42.1 Å². The van der Waals surface area contributed by atoms with Gasteiger partial charge in [-0.25, -0.2) is 0 Å². The Bertz CT molecular complexity index is 888. The van der Waals surface area contributed by atoms with Gasteiger partial charge in [0.25, 0.3) is 11.8 Å². The summed E-state index contributed by atoms with van der Waals surface area (Å²) in [5, 5.41) is 5.75. The summed E-state index contributed by atoms with van der Waals surface area (Å²) < 4.78 is 0. The average molecular weight is 435 g/mol. The van der Waals surface area contributed by atoms with Gasteiger partial charge >= 0.3 is 0 Å². The smallest absolute Gasteiger partial charge is 0.255 e. The van der Waals surface area contributed by atoms with Gasteiger partial charge in [-0.05, 0) is 30.0 Å². The third-order valence-corrected chi connectivity index (χ3v) is 6.11. The minimum Gasteiger partial charge on any atom is -0.336 e. The number of carbonyl (C=O) groups excluding carboxylic acids is 4. The number of hydrogen-bond donors (Lipinski definition) is 2. The first-order valence-corrected chi connectivity index (χ1v) is 10.2. The number of hydrogen-bond acceptors (Lipinski definition) is 5. The predicted octanol–water partition coefficient (Wildman–Crippen LogP) is 0.939. The largest absolute Gasteiger partial charge is 0.336 e. The van der Waals surface area contributed by atoms with Crippen LogP contribution in [0.5, 0.6) is 0 Å². The highest BCUT2D eigenvalue weighted by Crippen LogP contribution is 2.30. The molecule has 4 rings (SSSR count). The number of halogens is 1. The number of nitrogens with one attached hydrogen (secondary N) is 2. The van der Waals surface area contributed by atoms with E-state index in [1.54, 1.807) is 18.2 Å². The van der Waals surface area contributed by atoms with Crippen LogP contribution in [-0.2, 0) is 16.1 Å². The van der Waals surface area contributed by atoms with Gasteiger partial charge in [-0.2, -0.15) is 0 Å². The first-order chi connectivity index (χ1) is 13.9. The minimum atomic E-state index is -0.680. The molecule has 2 atom stereocenters. The summed E-state index contributed by atoms with van der Waals surface area (Å²) in [7, 11) is 0. The van der Waals surface area contributed by atoms with Crippen LogP contribution in [0.15, 0.2) is 18.2 Å². The summed E-state index contributed by atoms with van der Waals surface area (Å²) in [4.78, 5) is 53.2. The van der Waals surface area contributed by atoms with E-state index in [2.05, 4.69) is 24.5 Å². The van der Waals surface area contributed by atoms with E-state index < -0.39 is 11.9 Å². The molecule has 4 amide bonds. The van der Waals surface area contributed by atoms with Crippen molar-refractivity contribution in [2.75, 3.05) is 19.6 Å². The SMILES string of the molecule is CC(C)[C@H]1CN(C(=O)c2cccc3c2CN(C2CCC(=O)NC2=O)C3=O)CCN1.Cl. The second-order valence-electron chi connectivity index (χ2n) is 8.29. The van der Waals surface area contributed by atoms with Gasteiger partial charge in [0, 0.05) is 49.8 Å². The molecule has 1 unspecified atom stereocenters. The van der Waals surface area contributed by atoms with Crippen molar-refractivity contribution >= 4 is 36.0 Å². The van der Waals surface area contributed by atoms with Crippen LogP contribution in [0.4, 0.5) is 0 Å².